The minimum absolute atomic E-state index is 0.0352. The quantitative estimate of drug-likeness (QED) is 0.488. The van der Waals surface area contributed by atoms with Crippen LogP contribution in [-0.2, 0) is 5.33 Å². The fraction of sp³-hybridized carbons (Fsp3) is 0.375. The summed E-state index contributed by atoms with van der Waals surface area (Å²) in [7, 11) is 0. The summed E-state index contributed by atoms with van der Waals surface area (Å²) in [5.74, 6) is -0.683. The van der Waals surface area contributed by atoms with E-state index in [2.05, 4.69) is 25.7 Å². The Morgan fingerprint density at radius 1 is 1.59 bits per heavy atom. The van der Waals surface area contributed by atoms with Gasteiger partial charge in [-0.15, -0.1) is 13.2 Å². The van der Waals surface area contributed by atoms with Crippen LogP contribution in [-0.4, -0.2) is 16.3 Å². The van der Waals surface area contributed by atoms with Gasteiger partial charge in [0.2, 0.25) is 5.88 Å². The monoisotopic (exact) mass is 314 g/mol. The minimum Gasteiger partial charge on any atom is -0.388 e. The first-order valence-electron chi connectivity index (χ1n) is 4.21. The molecule has 0 aliphatic carbocycles. The molecule has 5 nitrogen and oxygen atoms in total. The summed E-state index contributed by atoms with van der Waals surface area (Å²) in [6.45, 7) is 1.24. The first kappa shape index (κ1) is 13.7. The maximum Gasteiger partial charge on any atom is 0.574 e. The highest BCUT2D eigenvalue weighted by Gasteiger charge is 2.33. The summed E-state index contributed by atoms with van der Waals surface area (Å²) < 4.78 is 39.8. The highest BCUT2D eigenvalue weighted by molar-refractivity contribution is 9.08. The number of hydrogen-bond donors (Lipinski definition) is 0. The predicted octanol–water partition coefficient (Wildman–Crippen LogP) is 3.09. The van der Waals surface area contributed by atoms with Crippen LogP contribution < -0.4 is 4.74 Å². The Kier molecular flexibility index (Phi) is 3.91. The third-order valence-electron chi connectivity index (χ3n) is 1.78. The summed E-state index contributed by atoms with van der Waals surface area (Å²) in [6, 6.07) is 0.998. The number of aryl methyl sites for hydroxylation is 1. The Labute approximate surface area is 102 Å². The van der Waals surface area contributed by atoms with Crippen molar-refractivity contribution in [1.82, 2.24) is 4.98 Å². The van der Waals surface area contributed by atoms with Gasteiger partial charge >= 0.3 is 6.36 Å². The first-order chi connectivity index (χ1) is 7.74. The van der Waals surface area contributed by atoms with Gasteiger partial charge in [0.15, 0.2) is 0 Å². The molecule has 0 aliphatic heterocycles. The number of pyridine rings is 1. The molecule has 17 heavy (non-hydrogen) atoms. The van der Waals surface area contributed by atoms with E-state index >= 15 is 0 Å². The van der Waals surface area contributed by atoms with E-state index in [0.717, 1.165) is 6.07 Å². The van der Waals surface area contributed by atoms with Gasteiger partial charge in [0.05, 0.1) is 4.92 Å². The maximum absolute atomic E-state index is 12.0. The molecule has 0 spiro atoms. The highest BCUT2D eigenvalue weighted by Crippen LogP contribution is 2.30. The van der Waals surface area contributed by atoms with E-state index < -0.39 is 17.2 Å². The zero-order valence-corrected chi connectivity index (χ0v) is 10.0. The van der Waals surface area contributed by atoms with Crippen molar-refractivity contribution < 1.29 is 22.8 Å². The van der Waals surface area contributed by atoms with Gasteiger partial charge in [-0.2, -0.15) is 0 Å². The standard InChI is InChI=1S/C8H6BrF3N2O3/c1-4-6(14(15)16)2-5(3-9)7(13-4)17-8(10,11)12/h2H,3H2,1H3. The number of aromatic nitrogens is 1. The average molecular weight is 315 g/mol. The van der Waals surface area contributed by atoms with Crippen LogP contribution in [0.5, 0.6) is 5.88 Å². The molecule has 0 fully saturated rings. The lowest BCUT2D eigenvalue weighted by Gasteiger charge is -2.11. The lowest BCUT2D eigenvalue weighted by atomic mass is 10.2. The molecule has 1 rings (SSSR count). The number of rotatable bonds is 3. The van der Waals surface area contributed by atoms with Crippen LogP contribution in [0.2, 0.25) is 0 Å². The van der Waals surface area contributed by atoms with Crippen molar-refractivity contribution in [3.05, 3.63) is 27.4 Å². The van der Waals surface area contributed by atoms with Gasteiger partial charge in [-0.3, -0.25) is 10.1 Å². The van der Waals surface area contributed by atoms with Crippen molar-refractivity contribution in [2.45, 2.75) is 18.6 Å². The molecule has 0 saturated heterocycles. The normalized spacial score (nSPS) is 11.4. The molecule has 0 aromatic carbocycles. The van der Waals surface area contributed by atoms with Crippen molar-refractivity contribution >= 4 is 21.6 Å². The van der Waals surface area contributed by atoms with E-state index in [1.807, 2.05) is 0 Å². The summed E-state index contributed by atoms with van der Waals surface area (Å²) in [6.07, 6.45) is -4.88. The number of ether oxygens (including phenoxy) is 1. The Bertz CT molecular complexity index is 450. The van der Waals surface area contributed by atoms with E-state index in [1.165, 1.54) is 6.92 Å². The SMILES string of the molecule is Cc1nc(OC(F)(F)F)c(CBr)cc1[N+](=O)[O-]. The Balaban J connectivity index is 3.24. The minimum atomic E-state index is -4.88. The largest absolute Gasteiger partial charge is 0.574 e. The van der Waals surface area contributed by atoms with E-state index in [0.29, 0.717) is 0 Å². The zero-order chi connectivity index (χ0) is 13.2. The van der Waals surface area contributed by atoms with Crippen molar-refractivity contribution in [3.63, 3.8) is 0 Å². The molecule has 1 aromatic heterocycles. The Morgan fingerprint density at radius 3 is 2.59 bits per heavy atom. The van der Waals surface area contributed by atoms with Gasteiger partial charge in [0, 0.05) is 17.0 Å². The maximum atomic E-state index is 12.0. The Hall–Kier alpha value is -1.38. The number of halogens is 4. The van der Waals surface area contributed by atoms with Gasteiger partial charge in [-0.25, -0.2) is 4.98 Å². The fourth-order valence-electron chi connectivity index (χ4n) is 1.09. The number of alkyl halides is 4. The van der Waals surface area contributed by atoms with Crippen molar-refractivity contribution in [1.29, 1.82) is 0 Å². The smallest absolute Gasteiger partial charge is 0.388 e. The molecule has 0 saturated carbocycles. The molecule has 0 radical (unpaired) electrons. The Morgan fingerprint density at radius 2 is 2.18 bits per heavy atom. The van der Waals surface area contributed by atoms with Gasteiger partial charge in [-0.1, -0.05) is 15.9 Å². The summed E-state index contributed by atoms with van der Waals surface area (Å²) >= 11 is 2.91. The van der Waals surface area contributed by atoms with E-state index in [-0.39, 0.29) is 22.3 Å². The summed E-state index contributed by atoms with van der Waals surface area (Å²) in [5.41, 5.74) is -0.535. The molecule has 0 bridgehead atoms. The number of hydrogen-bond acceptors (Lipinski definition) is 4. The van der Waals surface area contributed by atoms with E-state index in [9.17, 15) is 23.3 Å². The lowest BCUT2D eigenvalue weighted by molar-refractivity contribution is -0.385. The molecule has 0 unspecified atom stereocenters. The van der Waals surface area contributed by atoms with Crippen LogP contribution in [0.3, 0.4) is 0 Å². The van der Waals surface area contributed by atoms with Crippen molar-refractivity contribution in [2.75, 3.05) is 0 Å². The molecule has 0 N–H and O–H groups in total. The van der Waals surface area contributed by atoms with Crippen LogP contribution in [0.25, 0.3) is 0 Å². The third-order valence-corrected chi connectivity index (χ3v) is 2.38. The molecular weight excluding hydrogens is 309 g/mol. The van der Waals surface area contributed by atoms with E-state index in [4.69, 9.17) is 0 Å². The molecule has 1 aromatic rings. The van der Waals surface area contributed by atoms with Gasteiger partial charge < -0.3 is 4.74 Å². The van der Waals surface area contributed by atoms with Gasteiger partial charge in [-0.05, 0) is 6.92 Å². The molecule has 0 atom stereocenters. The second-order valence-electron chi connectivity index (χ2n) is 3.00. The topological polar surface area (TPSA) is 65.3 Å². The number of nitro groups is 1. The first-order valence-corrected chi connectivity index (χ1v) is 5.33. The molecule has 1 heterocycles. The van der Waals surface area contributed by atoms with Crippen LogP contribution in [0.4, 0.5) is 18.9 Å². The van der Waals surface area contributed by atoms with Crippen molar-refractivity contribution in [3.8, 4) is 5.88 Å². The van der Waals surface area contributed by atoms with Gasteiger partial charge in [0.25, 0.3) is 5.69 Å². The molecule has 0 aliphatic rings. The second-order valence-corrected chi connectivity index (χ2v) is 3.56. The molecular formula is C8H6BrF3N2O3. The predicted molar refractivity (Wildman–Crippen MR) is 54.9 cm³/mol. The highest BCUT2D eigenvalue weighted by atomic mass is 79.9. The molecule has 0 amide bonds. The van der Waals surface area contributed by atoms with Crippen LogP contribution in [0, 0.1) is 17.0 Å². The van der Waals surface area contributed by atoms with Crippen LogP contribution in [0.15, 0.2) is 6.07 Å². The van der Waals surface area contributed by atoms with Crippen LogP contribution >= 0.6 is 15.9 Å². The average Bonchev–Trinajstić information content (AvgIpc) is 2.14. The van der Waals surface area contributed by atoms with Gasteiger partial charge in [0.1, 0.15) is 5.69 Å². The summed E-state index contributed by atoms with van der Waals surface area (Å²) in [4.78, 5) is 13.3. The van der Waals surface area contributed by atoms with Crippen LogP contribution in [0.1, 0.15) is 11.3 Å². The van der Waals surface area contributed by atoms with E-state index in [1.54, 1.807) is 0 Å². The van der Waals surface area contributed by atoms with Crippen molar-refractivity contribution in [2.24, 2.45) is 0 Å². The lowest BCUT2D eigenvalue weighted by Crippen LogP contribution is -2.19. The molecule has 94 valence electrons. The molecule has 9 heteroatoms. The number of nitrogens with zero attached hydrogens (tertiary/aromatic N) is 2. The summed E-state index contributed by atoms with van der Waals surface area (Å²) in [5, 5.41) is 10.5. The second kappa shape index (κ2) is 4.86. The zero-order valence-electron chi connectivity index (χ0n) is 8.42. The fourth-order valence-corrected chi connectivity index (χ4v) is 1.49. The third kappa shape index (κ3) is 3.55.